The van der Waals surface area contributed by atoms with Crippen LogP contribution in [0.1, 0.15) is 19.8 Å². The van der Waals surface area contributed by atoms with E-state index in [0.29, 0.717) is 11.1 Å². The number of hydrogen-bond acceptors (Lipinski definition) is 4. The second kappa shape index (κ2) is 5.54. The summed E-state index contributed by atoms with van der Waals surface area (Å²) in [5.74, 6) is 0.257. The van der Waals surface area contributed by atoms with Crippen LogP contribution in [0.15, 0.2) is 18.2 Å². The van der Waals surface area contributed by atoms with Gasteiger partial charge in [0.15, 0.2) is 5.75 Å². The number of halogens is 1. The van der Waals surface area contributed by atoms with Gasteiger partial charge >= 0.3 is 5.69 Å². The van der Waals surface area contributed by atoms with Crippen molar-refractivity contribution in [3.05, 3.63) is 33.3 Å². The molecule has 0 heterocycles. The molecule has 1 fully saturated rings. The second-order valence-corrected chi connectivity index (χ2v) is 4.77. The number of nitrogens with zero attached hydrogens (tertiary/aromatic N) is 1. The first-order valence-electron chi connectivity index (χ1n) is 5.94. The molecule has 5 nitrogen and oxygen atoms in total. The Morgan fingerprint density at radius 1 is 1.56 bits per heavy atom. The molecule has 0 spiro atoms. The van der Waals surface area contributed by atoms with Gasteiger partial charge in [-0.2, -0.15) is 0 Å². The lowest BCUT2D eigenvalue weighted by atomic mass is 9.89. The number of ether oxygens (including phenoxy) is 1. The Bertz CT molecular complexity index is 447. The Morgan fingerprint density at radius 2 is 2.28 bits per heavy atom. The third kappa shape index (κ3) is 2.91. The monoisotopic (exact) mass is 270 g/mol. The van der Waals surface area contributed by atoms with Crippen LogP contribution in [-0.2, 0) is 0 Å². The van der Waals surface area contributed by atoms with Gasteiger partial charge in [0.25, 0.3) is 0 Å². The standard InChI is InChI=1S/C12H15ClN2O3/c1-2-14-9-6-10(7-9)18-12-5-8(13)3-4-11(12)15(16)17/h3-5,9-10,14H,2,6-7H2,1H3. The minimum atomic E-state index is -0.452. The summed E-state index contributed by atoms with van der Waals surface area (Å²) in [5, 5.41) is 14.6. The highest BCUT2D eigenvalue weighted by Gasteiger charge is 2.31. The minimum Gasteiger partial charge on any atom is -0.483 e. The molecule has 2 rings (SSSR count). The molecular formula is C12H15ClN2O3. The van der Waals surface area contributed by atoms with Gasteiger partial charge < -0.3 is 10.1 Å². The third-order valence-corrected chi connectivity index (χ3v) is 3.23. The summed E-state index contributed by atoms with van der Waals surface area (Å²) in [4.78, 5) is 10.4. The van der Waals surface area contributed by atoms with Crippen LogP contribution in [0.25, 0.3) is 0 Å². The Balaban J connectivity index is 2.01. The van der Waals surface area contributed by atoms with Gasteiger partial charge in [-0.05, 0) is 25.5 Å². The highest BCUT2D eigenvalue weighted by atomic mass is 35.5. The first-order valence-corrected chi connectivity index (χ1v) is 6.32. The fraction of sp³-hybridized carbons (Fsp3) is 0.500. The molecule has 0 amide bonds. The van der Waals surface area contributed by atoms with Gasteiger partial charge in [-0.25, -0.2) is 0 Å². The normalized spacial score (nSPS) is 22.3. The first kappa shape index (κ1) is 13.1. The number of nitro benzene ring substituents is 1. The van der Waals surface area contributed by atoms with Crippen molar-refractivity contribution in [1.82, 2.24) is 5.32 Å². The van der Waals surface area contributed by atoms with Crippen LogP contribution in [0.3, 0.4) is 0 Å². The first-order chi connectivity index (χ1) is 8.60. The fourth-order valence-corrected chi connectivity index (χ4v) is 2.19. The van der Waals surface area contributed by atoms with Crippen molar-refractivity contribution in [2.24, 2.45) is 0 Å². The molecule has 1 aromatic carbocycles. The molecule has 98 valence electrons. The predicted molar refractivity (Wildman–Crippen MR) is 69.2 cm³/mol. The molecule has 0 atom stereocenters. The Hall–Kier alpha value is -1.33. The zero-order valence-electron chi connectivity index (χ0n) is 10.1. The van der Waals surface area contributed by atoms with Crippen molar-refractivity contribution in [3.8, 4) is 5.75 Å². The molecule has 0 aromatic heterocycles. The second-order valence-electron chi connectivity index (χ2n) is 4.34. The van der Waals surface area contributed by atoms with Gasteiger partial charge in [-0.3, -0.25) is 10.1 Å². The molecule has 0 radical (unpaired) electrons. The van der Waals surface area contributed by atoms with Crippen LogP contribution < -0.4 is 10.1 Å². The lowest BCUT2D eigenvalue weighted by Gasteiger charge is -2.35. The molecule has 0 saturated heterocycles. The highest BCUT2D eigenvalue weighted by Crippen LogP contribution is 2.34. The van der Waals surface area contributed by atoms with E-state index < -0.39 is 4.92 Å². The third-order valence-electron chi connectivity index (χ3n) is 3.00. The van der Waals surface area contributed by atoms with E-state index in [0.717, 1.165) is 19.4 Å². The van der Waals surface area contributed by atoms with E-state index in [1.807, 2.05) is 0 Å². The molecule has 18 heavy (non-hydrogen) atoms. The van der Waals surface area contributed by atoms with Crippen molar-refractivity contribution >= 4 is 17.3 Å². The summed E-state index contributed by atoms with van der Waals surface area (Å²) in [7, 11) is 0. The van der Waals surface area contributed by atoms with E-state index in [2.05, 4.69) is 12.2 Å². The average Bonchev–Trinajstić information content (AvgIpc) is 2.26. The van der Waals surface area contributed by atoms with Crippen molar-refractivity contribution in [2.75, 3.05) is 6.54 Å². The molecule has 1 saturated carbocycles. The SMILES string of the molecule is CCNC1CC(Oc2cc(Cl)ccc2[N+](=O)[O-])C1. The van der Waals surface area contributed by atoms with E-state index in [4.69, 9.17) is 16.3 Å². The molecule has 1 aliphatic carbocycles. The molecule has 6 heteroatoms. The summed E-state index contributed by atoms with van der Waals surface area (Å²) in [6.07, 6.45) is 1.78. The summed E-state index contributed by atoms with van der Waals surface area (Å²) in [6.45, 7) is 2.98. The lowest BCUT2D eigenvalue weighted by Crippen LogP contribution is -2.46. The van der Waals surface area contributed by atoms with Crippen molar-refractivity contribution in [1.29, 1.82) is 0 Å². The van der Waals surface area contributed by atoms with E-state index in [-0.39, 0.29) is 17.5 Å². The fourth-order valence-electron chi connectivity index (χ4n) is 2.03. The highest BCUT2D eigenvalue weighted by molar-refractivity contribution is 6.30. The predicted octanol–water partition coefficient (Wildman–Crippen LogP) is 2.77. The minimum absolute atomic E-state index is 0.0335. The van der Waals surface area contributed by atoms with Crippen molar-refractivity contribution < 1.29 is 9.66 Å². The van der Waals surface area contributed by atoms with Crippen LogP contribution in [0.5, 0.6) is 5.75 Å². The van der Waals surface area contributed by atoms with Crippen LogP contribution in [-0.4, -0.2) is 23.6 Å². The molecular weight excluding hydrogens is 256 g/mol. The largest absolute Gasteiger partial charge is 0.483 e. The number of nitro groups is 1. The lowest BCUT2D eigenvalue weighted by molar-refractivity contribution is -0.386. The van der Waals surface area contributed by atoms with Gasteiger partial charge in [0.1, 0.15) is 6.10 Å². The van der Waals surface area contributed by atoms with Crippen LogP contribution >= 0.6 is 11.6 Å². The smallest absolute Gasteiger partial charge is 0.311 e. The maximum atomic E-state index is 10.9. The number of rotatable bonds is 5. The Morgan fingerprint density at radius 3 is 2.89 bits per heavy atom. The zero-order chi connectivity index (χ0) is 13.1. The van der Waals surface area contributed by atoms with E-state index in [1.165, 1.54) is 18.2 Å². The average molecular weight is 271 g/mol. The van der Waals surface area contributed by atoms with Crippen molar-refractivity contribution in [3.63, 3.8) is 0 Å². The zero-order valence-corrected chi connectivity index (χ0v) is 10.8. The molecule has 1 aliphatic rings. The molecule has 0 unspecified atom stereocenters. The summed E-state index contributed by atoms with van der Waals surface area (Å²) in [5.41, 5.74) is -0.0358. The maximum Gasteiger partial charge on any atom is 0.311 e. The number of nitrogens with one attached hydrogen (secondary N) is 1. The number of benzene rings is 1. The molecule has 1 aromatic rings. The van der Waals surface area contributed by atoms with Gasteiger partial charge in [-0.15, -0.1) is 0 Å². The van der Waals surface area contributed by atoms with Crippen LogP contribution in [0, 0.1) is 10.1 Å². The maximum absolute atomic E-state index is 10.9. The van der Waals surface area contributed by atoms with E-state index in [9.17, 15) is 10.1 Å². The summed E-state index contributed by atoms with van der Waals surface area (Å²) >= 11 is 5.83. The topological polar surface area (TPSA) is 64.4 Å². The van der Waals surface area contributed by atoms with Gasteiger partial charge in [0.05, 0.1) is 4.92 Å². The van der Waals surface area contributed by atoms with E-state index in [1.54, 1.807) is 0 Å². The Kier molecular flexibility index (Phi) is 4.04. The van der Waals surface area contributed by atoms with E-state index >= 15 is 0 Å². The summed E-state index contributed by atoms with van der Waals surface area (Å²) < 4.78 is 5.63. The van der Waals surface area contributed by atoms with Crippen LogP contribution in [0.2, 0.25) is 5.02 Å². The Labute approximate surface area is 110 Å². The molecule has 0 aliphatic heterocycles. The van der Waals surface area contributed by atoms with Crippen LogP contribution in [0.4, 0.5) is 5.69 Å². The molecule has 1 N–H and O–H groups in total. The van der Waals surface area contributed by atoms with Gasteiger partial charge in [0.2, 0.25) is 0 Å². The van der Waals surface area contributed by atoms with Gasteiger partial charge in [0, 0.05) is 23.2 Å². The molecule has 0 bridgehead atoms. The van der Waals surface area contributed by atoms with Crippen molar-refractivity contribution in [2.45, 2.75) is 31.9 Å². The van der Waals surface area contributed by atoms with Gasteiger partial charge in [-0.1, -0.05) is 18.5 Å². The quantitative estimate of drug-likeness (QED) is 0.660. The summed E-state index contributed by atoms with van der Waals surface area (Å²) in [6, 6.07) is 4.82. The number of hydrogen-bond donors (Lipinski definition) is 1.